The van der Waals surface area contributed by atoms with E-state index in [-0.39, 0.29) is 24.9 Å². The number of ether oxygens (including phenoxy) is 2. The van der Waals surface area contributed by atoms with Crippen molar-refractivity contribution < 1.29 is 19.1 Å². The number of piperazine rings is 1. The topological polar surface area (TPSA) is 74.4 Å². The molecule has 0 saturated carbocycles. The molecule has 2 aliphatic heterocycles. The Balaban J connectivity index is 1.47. The minimum atomic E-state index is -0.129. The molecule has 2 amide bonds. The summed E-state index contributed by atoms with van der Waals surface area (Å²) in [4.78, 5) is 30.4. The molecule has 3 aromatic carbocycles. The Morgan fingerprint density at radius 1 is 0.919 bits per heavy atom. The average molecular weight is 501 g/mol. The Labute approximate surface area is 217 Å². The van der Waals surface area contributed by atoms with E-state index >= 15 is 0 Å². The maximum absolute atomic E-state index is 12.3. The van der Waals surface area contributed by atoms with Crippen LogP contribution in [0.2, 0.25) is 0 Å². The number of carbonyl (C=O) groups is 2. The second-order valence-electron chi connectivity index (χ2n) is 9.25. The number of methoxy groups -OCH3 is 1. The normalized spacial score (nSPS) is 15.9. The molecule has 0 spiro atoms. The van der Waals surface area contributed by atoms with Gasteiger partial charge in [-0.25, -0.2) is 0 Å². The summed E-state index contributed by atoms with van der Waals surface area (Å²) in [6.07, 6.45) is 0. The molecule has 0 aliphatic carbocycles. The Kier molecular flexibility index (Phi) is 7.56. The first kappa shape index (κ1) is 24.6. The molecule has 0 atom stereocenters. The van der Waals surface area contributed by atoms with Crippen LogP contribution in [-0.4, -0.2) is 63.2 Å². The second-order valence-corrected chi connectivity index (χ2v) is 9.25. The highest BCUT2D eigenvalue weighted by atomic mass is 16.5. The Morgan fingerprint density at radius 2 is 1.65 bits per heavy atom. The van der Waals surface area contributed by atoms with Gasteiger partial charge in [0.2, 0.25) is 11.8 Å². The van der Waals surface area contributed by atoms with Gasteiger partial charge in [-0.3, -0.25) is 9.59 Å². The van der Waals surface area contributed by atoms with Gasteiger partial charge in [0.05, 0.1) is 33.4 Å². The van der Waals surface area contributed by atoms with Crippen molar-refractivity contribution in [3.63, 3.8) is 0 Å². The van der Waals surface area contributed by atoms with Crippen LogP contribution >= 0.6 is 0 Å². The summed E-state index contributed by atoms with van der Waals surface area (Å²) >= 11 is 0. The number of anilines is 3. The van der Waals surface area contributed by atoms with Crippen molar-refractivity contribution in [1.82, 2.24) is 10.2 Å². The molecule has 3 aromatic rings. The summed E-state index contributed by atoms with van der Waals surface area (Å²) in [7, 11) is 1.67. The van der Waals surface area contributed by atoms with Crippen molar-refractivity contribution in [3.8, 4) is 5.75 Å². The summed E-state index contributed by atoms with van der Waals surface area (Å²) in [6, 6.07) is 24.8. The average Bonchev–Trinajstić information content (AvgIpc) is 2.94. The quantitative estimate of drug-likeness (QED) is 0.512. The minimum Gasteiger partial charge on any atom is -0.497 e. The van der Waals surface area contributed by atoms with Crippen LogP contribution < -0.4 is 19.9 Å². The number of carbonyl (C=O) groups excluding carboxylic acids is 2. The Hall–Kier alpha value is -4.04. The monoisotopic (exact) mass is 500 g/mol. The van der Waals surface area contributed by atoms with Crippen LogP contribution in [0.15, 0.2) is 72.8 Å². The third kappa shape index (κ3) is 6.03. The predicted molar refractivity (Wildman–Crippen MR) is 143 cm³/mol. The van der Waals surface area contributed by atoms with Crippen LogP contribution in [0.5, 0.6) is 5.75 Å². The van der Waals surface area contributed by atoms with E-state index in [4.69, 9.17) is 9.47 Å². The lowest BCUT2D eigenvalue weighted by atomic mass is 10.1. The SMILES string of the molecule is COc1cccc(CN(c2cccc(CN3CC(=O)NCC3=O)c2)c2cccc(N3CCOCC3)c2)c1. The van der Waals surface area contributed by atoms with E-state index in [9.17, 15) is 9.59 Å². The van der Waals surface area contributed by atoms with E-state index in [2.05, 4.69) is 57.6 Å². The smallest absolute Gasteiger partial charge is 0.242 e. The van der Waals surface area contributed by atoms with E-state index in [0.29, 0.717) is 13.1 Å². The van der Waals surface area contributed by atoms with E-state index in [0.717, 1.165) is 60.2 Å². The van der Waals surface area contributed by atoms with Crippen molar-refractivity contribution in [2.24, 2.45) is 0 Å². The second kappa shape index (κ2) is 11.3. The number of rotatable bonds is 8. The Morgan fingerprint density at radius 3 is 2.46 bits per heavy atom. The van der Waals surface area contributed by atoms with Gasteiger partial charge in [-0.15, -0.1) is 0 Å². The Bertz CT molecular complexity index is 1260. The largest absolute Gasteiger partial charge is 0.497 e. The van der Waals surface area contributed by atoms with Crippen LogP contribution in [0.1, 0.15) is 11.1 Å². The first-order valence-electron chi connectivity index (χ1n) is 12.6. The van der Waals surface area contributed by atoms with Crippen molar-refractivity contribution in [1.29, 1.82) is 0 Å². The molecule has 8 nitrogen and oxygen atoms in total. The fraction of sp³-hybridized carbons (Fsp3) is 0.310. The number of hydrogen-bond donors (Lipinski definition) is 1. The number of benzene rings is 3. The molecule has 2 heterocycles. The summed E-state index contributed by atoms with van der Waals surface area (Å²) in [5.41, 5.74) is 5.33. The fourth-order valence-corrected chi connectivity index (χ4v) is 4.75. The van der Waals surface area contributed by atoms with Gasteiger partial charge in [-0.2, -0.15) is 0 Å². The fourth-order valence-electron chi connectivity index (χ4n) is 4.75. The van der Waals surface area contributed by atoms with Gasteiger partial charge in [0.25, 0.3) is 0 Å². The van der Waals surface area contributed by atoms with Crippen molar-refractivity contribution >= 4 is 28.9 Å². The summed E-state index contributed by atoms with van der Waals surface area (Å²) < 4.78 is 11.0. The molecule has 2 saturated heterocycles. The van der Waals surface area contributed by atoms with Gasteiger partial charge in [0.15, 0.2) is 0 Å². The standard InChI is InChI=1S/C29H32N4O4/c1-36-27-10-3-6-23(16-27)20-33(26-9-4-7-24(17-26)31-11-13-37-14-12-31)25-8-2-5-22(15-25)19-32-21-28(34)30-18-29(32)35/h2-10,15-17H,11-14,18-21H2,1H3,(H,30,34). The molecule has 2 aliphatic rings. The van der Waals surface area contributed by atoms with Crippen LogP contribution in [0.4, 0.5) is 17.1 Å². The molecule has 37 heavy (non-hydrogen) atoms. The number of amides is 2. The molecule has 192 valence electrons. The van der Waals surface area contributed by atoms with Crippen LogP contribution in [0.25, 0.3) is 0 Å². The van der Waals surface area contributed by atoms with Gasteiger partial charge in [0.1, 0.15) is 5.75 Å². The molecular weight excluding hydrogens is 468 g/mol. The van der Waals surface area contributed by atoms with Gasteiger partial charge >= 0.3 is 0 Å². The number of morpholine rings is 1. The number of nitrogens with zero attached hydrogens (tertiary/aromatic N) is 3. The molecule has 8 heteroatoms. The summed E-state index contributed by atoms with van der Waals surface area (Å²) in [5, 5.41) is 2.61. The van der Waals surface area contributed by atoms with Crippen LogP contribution in [0.3, 0.4) is 0 Å². The molecule has 2 fully saturated rings. The van der Waals surface area contributed by atoms with Crippen molar-refractivity contribution in [3.05, 3.63) is 83.9 Å². The van der Waals surface area contributed by atoms with Crippen LogP contribution in [0, 0.1) is 0 Å². The van der Waals surface area contributed by atoms with Crippen LogP contribution in [-0.2, 0) is 27.4 Å². The first-order chi connectivity index (χ1) is 18.1. The molecular formula is C29H32N4O4. The lowest BCUT2D eigenvalue weighted by Crippen LogP contribution is -2.50. The number of hydrogen-bond acceptors (Lipinski definition) is 6. The van der Waals surface area contributed by atoms with Gasteiger partial charge in [-0.05, 0) is 53.6 Å². The highest BCUT2D eigenvalue weighted by Crippen LogP contribution is 2.32. The van der Waals surface area contributed by atoms with E-state index < -0.39 is 0 Å². The zero-order chi connectivity index (χ0) is 25.6. The molecule has 0 radical (unpaired) electrons. The van der Waals surface area contributed by atoms with Gasteiger partial charge in [0, 0.05) is 43.2 Å². The van der Waals surface area contributed by atoms with Crippen molar-refractivity contribution in [2.45, 2.75) is 13.1 Å². The van der Waals surface area contributed by atoms with Gasteiger partial charge in [-0.1, -0.05) is 30.3 Å². The third-order valence-electron chi connectivity index (χ3n) is 6.71. The molecule has 0 aromatic heterocycles. The van der Waals surface area contributed by atoms with E-state index in [1.807, 2.05) is 30.3 Å². The molecule has 0 bridgehead atoms. The predicted octanol–water partition coefficient (Wildman–Crippen LogP) is 3.33. The zero-order valence-electron chi connectivity index (χ0n) is 21.1. The zero-order valence-corrected chi connectivity index (χ0v) is 21.1. The number of nitrogens with one attached hydrogen (secondary N) is 1. The van der Waals surface area contributed by atoms with E-state index in [1.54, 1.807) is 12.0 Å². The third-order valence-corrected chi connectivity index (χ3v) is 6.71. The first-order valence-corrected chi connectivity index (χ1v) is 12.6. The maximum Gasteiger partial charge on any atom is 0.242 e. The summed E-state index contributed by atoms with van der Waals surface area (Å²) in [6.45, 7) is 4.35. The van der Waals surface area contributed by atoms with E-state index in [1.165, 1.54) is 0 Å². The lowest BCUT2D eigenvalue weighted by Gasteiger charge is -2.31. The highest BCUT2D eigenvalue weighted by Gasteiger charge is 2.23. The summed E-state index contributed by atoms with van der Waals surface area (Å²) in [5.74, 6) is 0.613. The van der Waals surface area contributed by atoms with Crippen molar-refractivity contribution in [2.75, 3.05) is 56.3 Å². The minimum absolute atomic E-state index is 0.0504. The van der Waals surface area contributed by atoms with Gasteiger partial charge < -0.3 is 29.5 Å². The molecule has 5 rings (SSSR count). The molecule has 1 N–H and O–H groups in total. The molecule has 0 unspecified atom stereocenters. The lowest BCUT2D eigenvalue weighted by molar-refractivity contribution is -0.141. The highest BCUT2D eigenvalue weighted by molar-refractivity contribution is 5.92. The maximum atomic E-state index is 12.3.